The average Bonchev–Trinajstić information content (AvgIpc) is 2.62. The highest BCUT2D eigenvalue weighted by atomic mass is 19.4. The number of halogens is 9. The summed E-state index contributed by atoms with van der Waals surface area (Å²) in [6.07, 6.45) is -16.0. The molecular formula is C21H23F9O2. The number of aliphatic hydroxyl groups is 1. The van der Waals surface area contributed by atoms with E-state index in [2.05, 4.69) is 38.1 Å². The molecule has 0 spiro atoms. The number of hydrogen-bond donors (Lipinski definition) is 1. The van der Waals surface area contributed by atoms with E-state index in [4.69, 9.17) is 5.11 Å². The number of aryl methyl sites for hydroxylation is 2. The van der Waals surface area contributed by atoms with E-state index in [0.717, 1.165) is 0 Å². The highest BCUT2D eigenvalue weighted by Gasteiger charge is 2.67. The van der Waals surface area contributed by atoms with Crippen LogP contribution in [0.3, 0.4) is 0 Å². The molecule has 0 fully saturated rings. The first-order valence-corrected chi connectivity index (χ1v) is 8.70. The number of Topliss-reactive ketones (excluding diaryl/α,β-unsaturated/α-hetero) is 1. The second-order valence-electron chi connectivity index (χ2n) is 6.43. The summed E-state index contributed by atoms with van der Waals surface area (Å²) in [5.74, 6) is -1.76. The van der Waals surface area contributed by atoms with Gasteiger partial charge in [-0.15, -0.1) is 0 Å². The van der Waals surface area contributed by atoms with Crippen molar-refractivity contribution in [2.75, 3.05) is 0 Å². The standard InChI is InChI=1S/2C7H8.C4H4F6O.C3H3F3O/c2*1-7-5-3-2-4-6-7;1-2(11,3(5,6)7)4(8,9)10;1-2(7)3(4,5)6/h2*2-6H,1H3;11H,1H3;1H3. The highest BCUT2D eigenvalue weighted by Crippen LogP contribution is 2.42. The Morgan fingerprint density at radius 1 is 0.656 bits per heavy atom. The van der Waals surface area contributed by atoms with Gasteiger partial charge < -0.3 is 5.11 Å². The molecule has 0 atom stereocenters. The Labute approximate surface area is 179 Å². The number of carbonyl (C=O) groups excluding carboxylic acids is 1. The van der Waals surface area contributed by atoms with E-state index in [0.29, 0.717) is 6.92 Å². The van der Waals surface area contributed by atoms with Crippen LogP contribution in [0.15, 0.2) is 60.7 Å². The molecule has 0 saturated heterocycles. The van der Waals surface area contributed by atoms with Gasteiger partial charge in [0, 0.05) is 6.92 Å². The third kappa shape index (κ3) is 13.7. The number of hydrogen-bond acceptors (Lipinski definition) is 2. The molecule has 2 nitrogen and oxygen atoms in total. The molecule has 0 aliphatic heterocycles. The van der Waals surface area contributed by atoms with Gasteiger partial charge in [0.2, 0.25) is 5.78 Å². The van der Waals surface area contributed by atoms with Crippen molar-refractivity contribution in [2.24, 2.45) is 0 Å². The molecule has 0 heterocycles. The average molecular weight is 478 g/mol. The van der Waals surface area contributed by atoms with Gasteiger partial charge in [-0.05, 0) is 20.8 Å². The Morgan fingerprint density at radius 2 is 0.875 bits per heavy atom. The molecule has 2 rings (SSSR count). The number of benzene rings is 2. The van der Waals surface area contributed by atoms with Gasteiger partial charge in [-0.25, -0.2) is 0 Å². The molecule has 11 heteroatoms. The number of ketones is 1. The molecule has 0 amide bonds. The SMILES string of the molecule is CC(=O)C(F)(F)F.CC(O)(C(F)(F)F)C(F)(F)F.Cc1ccccc1.Cc1ccccc1. The maximum Gasteiger partial charge on any atom is 0.449 e. The molecule has 2 aromatic carbocycles. The maximum absolute atomic E-state index is 11.4. The number of rotatable bonds is 0. The van der Waals surface area contributed by atoms with Crippen molar-refractivity contribution in [3.05, 3.63) is 71.8 Å². The molecule has 1 N–H and O–H groups in total. The largest absolute Gasteiger partial charge is 0.449 e. The van der Waals surface area contributed by atoms with Crippen LogP contribution in [-0.2, 0) is 4.79 Å². The zero-order valence-corrected chi connectivity index (χ0v) is 17.5. The Hall–Kier alpha value is -2.56. The van der Waals surface area contributed by atoms with Gasteiger partial charge in [0.05, 0.1) is 0 Å². The molecule has 0 radical (unpaired) electrons. The van der Waals surface area contributed by atoms with Crippen LogP contribution in [0.2, 0.25) is 0 Å². The van der Waals surface area contributed by atoms with Crippen LogP contribution in [0.25, 0.3) is 0 Å². The lowest BCUT2D eigenvalue weighted by atomic mass is 10.1. The number of alkyl halides is 9. The van der Waals surface area contributed by atoms with Crippen LogP contribution in [0.4, 0.5) is 39.5 Å². The van der Waals surface area contributed by atoms with E-state index in [9.17, 15) is 44.3 Å². The molecule has 0 aliphatic carbocycles. The second-order valence-corrected chi connectivity index (χ2v) is 6.43. The van der Waals surface area contributed by atoms with E-state index < -0.39 is 29.9 Å². The fraction of sp³-hybridized carbons (Fsp3) is 0.381. The van der Waals surface area contributed by atoms with Crippen LogP contribution in [-0.4, -0.2) is 35.0 Å². The van der Waals surface area contributed by atoms with Gasteiger partial charge in [-0.1, -0.05) is 71.8 Å². The zero-order valence-electron chi connectivity index (χ0n) is 17.5. The molecule has 0 unspecified atom stereocenters. The van der Waals surface area contributed by atoms with Gasteiger partial charge in [0.15, 0.2) is 0 Å². The van der Waals surface area contributed by atoms with E-state index in [1.54, 1.807) is 0 Å². The van der Waals surface area contributed by atoms with Crippen molar-refractivity contribution < 1.29 is 49.4 Å². The molecule has 0 saturated carbocycles. The third-order valence-corrected chi connectivity index (χ3v) is 3.38. The fourth-order valence-electron chi connectivity index (χ4n) is 1.23. The van der Waals surface area contributed by atoms with Gasteiger partial charge in [0.25, 0.3) is 5.60 Å². The Kier molecular flexibility index (Phi) is 12.9. The first kappa shape index (κ1) is 31.6. The van der Waals surface area contributed by atoms with Crippen molar-refractivity contribution in [2.45, 2.75) is 51.8 Å². The summed E-state index contributed by atoms with van der Waals surface area (Å²) in [4.78, 5) is 9.34. The summed E-state index contributed by atoms with van der Waals surface area (Å²) in [5, 5.41) is 7.94. The van der Waals surface area contributed by atoms with E-state index >= 15 is 0 Å². The molecule has 32 heavy (non-hydrogen) atoms. The Balaban J connectivity index is 0. The van der Waals surface area contributed by atoms with Crippen molar-refractivity contribution in [3.63, 3.8) is 0 Å². The predicted molar refractivity (Wildman–Crippen MR) is 102 cm³/mol. The Bertz CT molecular complexity index is 710. The van der Waals surface area contributed by atoms with Crippen molar-refractivity contribution in [3.8, 4) is 0 Å². The summed E-state index contributed by atoms with van der Waals surface area (Å²) in [5.41, 5.74) is -1.98. The quantitative estimate of drug-likeness (QED) is 0.415. The maximum atomic E-state index is 11.4. The summed E-state index contributed by atoms with van der Waals surface area (Å²) in [6.45, 7) is 4.31. The molecule has 0 aliphatic rings. The van der Waals surface area contributed by atoms with Crippen molar-refractivity contribution in [1.82, 2.24) is 0 Å². The summed E-state index contributed by atoms with van der Waals surface area (Å²) < 4.78 is 101. The minimum Gasteiger partial charge on any atom is -0.374 e. The lowest BCUT2D eigenvalue weighted by Gasteiger charge is -2.28. The second kappa shape index (κ2) is 13.1. The monoisotopic (exact) mass is 478 g/mol. The first-order valence-electron chi connectivity index (χ1n) is 8.70. The highest BCUT2D eigenvalue weighted by molar-refractivity contribution is 5.81. The molecule has 0 bridgehead atoms. The number of carbonyl (C=O) groups is 1. The molecule has 2 aromatic rings. The van der Waals surface area contributed by atoms with Gasteiger partial charge >= 0.3 is 18.5 Å². The van der Waals surface area contributed by atoms with Crippen LogP contribution < -0.4 is 0 Å². The fourth-order valence-corrected chi connectivity index (χ4v) is 1.23. The summed E-state index contributed by atoms with van der Waals surface area (Å²) in [7, 11) is 0. The normalized spacial score (nSPS) is 11.6. The summed E-state index contributed by atoms with van der Waals surface area (Å²) in [6, 6.07) is 20.5. The first-order chi connectivity index (χ1) is 14.2. The van der Waals surface area contributed by atoms with E-state index in [1.165, 1.54) is 11.1 Å². The predicted octanol–water partition coefficient (Wildman–Crippen LogP) is 6.99. The van der Waals surface area contributed by atoms with E-state index in [-0.39, 0.29) is 6.92 Å². The van der Waals surface area contributed by atoms with Crippen LogP contribution >= 0.6 is 0 Å². The minimum atomic E-state index is -5.69. The molecule has 182 valence electrons. The van der Waals surface area contributed by atoms with Crippen molar-refractivity contribution >= 4 is 5.78 Å². The lowest BCUT2D eigenvalue weighted by molar-refractivity contribution is -0.360. The lowest BCUT2D eigenvalue weighted by Crippen LogP contribution is -2.54. The summed E-state index contributed by atoms with van der Waals surface area (Å²) >= 11 is 0. The van der Waals surface area contributed by atoms with Crippen LogP contribution in [0.5, 0.6) is 0 Å². The smallest absolute Gasteiger partial charge is 0.374 e. The Morgan fingerprint density at radius 3 is 0.938 bits per heavy atom. The van der Waals surface area contributed by atoms with Gasteiger partial charge in [-0.3, -0.25) is 4.79 Å². The van der Waals surface area contributed by atoms with Crippen LogP contribution in [0, 0.1) is 13.8 Å². The van der Waals surface area contributed by atoms with Gasteiger partial charge in [0.1, 0.15) is 0 Å². The topological polar surface area (TPSA) is 37.3 Å². The molecule has 0 aromatic heterocycles. The zero-order chi connectivity index (χ0) is 25.8. The van der Waals surface area contributed by atoms with E-state index in [1.807, 2.05) is 36.4 Å². The van der Waals surface area contributed by atoms with Crippen molar-refractivity contribution in [1.29, 1.82) is 0 Å². The third-order valence-electron chi connectivity index (χ3n) is 3.38. The van der Waals surface area contributed by atoms with Gasteiger partial charge in [-0.2, -0.15) is 39.5 Å². The van der Waals surface area contributed by atoms with Crippen LogP contribution in [0.1, 0.15) is 25.0 Å². The minimum absolute atomic E-state index is 0.340. The molecular weight excluding hydrogens is 455 g/mol.